The molecule has 0 radical (unpaired) electrons. The molecule has 51 heavy (non-hydrogen) atoms. The average molecular weight is 726 g/mol. The molecule has 0 bridgehead atoms. The third-order valence-corrected chi connectivity index (χ3v) is 10.0. The molecule has 0 aliphatic carbocycles. The van der Waals surface area contributed by atoms with E-state index in [0.29, 0.717) is 6.42 Å². The number of hydrogen-bond donors (Lipinski definition) is 6. The number of carbonyl (C=O) groups is 1. The molecular formula is C42H79NO8. The molecule has 300 valence electrons. The van der Waals surface area contributed by atoms with Gasteiger partial charge in [0.2, 0.25) is 5.91 Å². The fourth-order valence-corrected chi connectivity index (χ4v) is 6.56. The van der Waals surface area contributed by atoms with Gasteiger partial charge in [-0.1, -0.05) is 154 Å². The van der Waals surface area contributed by atoms with Gasteiger partial charge in [-0.15, -0.1) is 0 Å². The summed E-state index contributed by atoms with van der Waals surface area (Å²) in [7, 11) is 0. The van der Waals surface area contributed by atoms with Gasteiger partial charge in [-0.3, -0.25) is 4.79 Å². The summed E-state index contributed by atoms with van der Waals surface area (Å²) in [5.74, 6) is -0.185. The number of nitrogens with one attached hydrogen (secondary N) is 1. The molecule has 0 aromatic heterocycles. The summed E-state index contributed by atoms with van der Waals surface area (Å²) in [5, 5.41) is 53.9. The summed E-state index contributed by atoms with van der Waals surface area (Å²) in [6.45, 7) is 3.72. The van der Waals surface area contributed by atoms with Crippen molar-refractivity contribution < 1.29 is 39.8 Å². The van der Waals surface area contributed by atoms with Gasteiger partial charge in [-0.2, -0.15) is 0 Å². The molecule has 1 aliphatic rings. The van der Waals surface area contributed by atoms with Crippen molar-refractivity contribution in [1.29, 1.82) is 0 Å². The van der Waals surface area contributed by atoms with Crippen LogP contribution in [0.2, 0.25) is 0 Å². The predicted octanol–water partition coefficient (Wildman–Crippen LogP) is 7.94. The standard InChI is InChI=1S/C42H79NO8/c1-3-5-7-9-11-13-14-15-16-17-18-19-20-21-22-24-26-28-30-32-38(46)43-35(36(45)31-29-27-25-23-12-10-8-6-4-2)34-50-42-41(49)40(48)39(47)37(33-44)51-42/h17-18,29,31,35-37,39-42,44-45,47-49H,3-16,19-28,30,32-34H2,1-2H3,(H,43,46)/b18-17-,31-29+. The van der Waals surface area contributed by atoms with Crippen LogP contribution in [-0.2, 0) is 14.3 Å². The van der Waals surface area contributed by atoms with Crippen molar-refractivity contribution in [2.75, 3.05) is 13.2 Å². The second-order valence-corrected chi connectivity index (χ2v) is 14.8. The van der Waals surface area contributed by atoms with E-state index < -0.39 is 49.5 Å². The highest BCUT2D eigenvalue weighted by atomic mass is 16.7. The number of unbranched alkanes of at least 4 members (excludes halogenated alkanes) is 22. The minimum absolute atomic E-state index is 0.185. The normalized spacial score (nSPS) is 22.2. The number of amides is 1. The molecule has 6 N–H and O–H groups in total. The maximum Gasteiger partial charge on any atom is 0.220 e. The van der Waals surface area contributed by atoms with E-state index in [1.165, 1.54) is 122 Å². The Bertz CT molecular complexity index is 853. The summed E-state index contributed by atoms with van der Waals surface area (Å²) in [5.41, 5.74) is 0. The van der Waals surface area contributed by atoms with E-state index in [1.54, 1.807) is 6.08 Å². The Morgan fingerprint density at radius 1 is 0.647 bits per heavy atom. The van der Waals surface area contributed by atoms with Gasteiger partial charge in [-0.25, -0.2) is 0 Å². The molecule has 0 spiro atoms. The number of hydrogen-bond acceptors (Lipinski definition) is 8. The van der Waals surface area contributed by atoms with Crippen molar-refractivity contribution in [1.82, 2.24) is 5.32 Å². The van der Waals surface area contributed by atoms with Gasteiger partial charge in [0.15, 0.2) is 6.29 Å². The van der Waals surface area contributed by atoms with Crippen LogP contribution in [0.25, 0.3) is 0 Å². The van der Waals surface area contributed by atoms with E-state index in [4.69, 9.17) is 9.47 Å². The maximum atomic E-state index is 12.9. The molecule has 1 rings (SSSR count). The molecule has 1 amide bonds. The summed E-state index contributed by atoms with van der Waals surface area (Å²) < 4.78 is 11.1. The topological polar surface area (TPSA) is 149 Å². The monoisotopic (exact) mass is 726 g/mol. The third kappa shape index (κ3) is 24.6. The Hall–Kier alpha value is -1.33. The molecule has 1 saturated heterocycles. The lowest BCUT2D eigenvalue weighted by Crippen LogP contribution is -2.60. The minimum atomic E-state index is -1.56. The van der Waals surface area contributed by atoms with E-state index >= 15 is 0 Å². The fourth-order valence-electron chi connectivity index (χ4n) is 6.56. The quantitative estimate of drug-likeness (QED) is 0.0289. The Morgan fingerprint density at radius 2 is 1.10 bits per heavy atom. The molecule has 7 unspecified atom stereocenters. The van der Waals surface area contributed by atoms with Crippen molar-refractivity contribution in [2.45, 2.75) is 224 Å². The van der Waals surface area contributed by atoms with E-state index in [0.717, 1.165) is 38.5 Å². The first-order chi connectivity index (χ1) is 24.8. The van der Waals surface area contributed by atoms with Gasteiger partial charge < -0.3 is 40.3 Å². The van der Waals surface area contributed by atoms with Crippen LogP contribution < -0.4 is 5.32 Å². The summed E-state index contributed by atoms with van der Waals surface area (Å²) in [4.78, 5) is 12.9. The molecule has 9 nitrogen and oxygen atoms in total. The van der Waals surface area contributed by atoms with Gasteiger partial charge >= 0.3 is 0 Å². The van der Waals surface area contributed by atoms with E-state index in [9.17, 15) is 30.3 Å². The second-order valence-electron chi connectivity index (χ2n) is 14.8. The second kappa shape index (κ2) is 33.3. The molecule has 0 saturated carbocycles. The van der Waals surface area contributed by atoms with Crippen molar-refractivity contribution in [3.8, 4) is 0 Å². The van der Waals surface area contributed by atoms with Crippen LogP contribution in [0.4, 0.5) is 0 Å². The average Bonchev–Trinajstić information content (AvgIpc) is 3.13. The summed E-state index contributed by atoms with van der Waals surface area (Å²) in [6.07, 6.45) is 30.9. The number of aliphatic hydroxyl groups excluding tert-OH is 5. The van der Waals surface area contributed by atoms with Crippen LogP contribution >= 0.6 is 0 Å². The first kappa shape index (κ1) is 47.7. The zero-order chi connectivity index (χ0) is 37.4. The van der Waals surface area contributed by atoms with Crippen LogP contribution in [0.15, 0.2) is 24.3 Å². The van der Waals surface area contributed by atoms with Crippen molar-refractivity contribution in [3.63, 3.8) is 0 Å². The fraction of sp³-hybridized carbons (Fsp3) is 0.881. The lowest BCUT2D eigenvalue weighted by Gasteiger charge is -2.40. The number of allylic oxidation sites excluding steroid dienone is 3. The Labute approximate surface area is 311 Å². The highest BCUT2D eigenvalue weighted by Gasteiger charge is 2.44. The Kier molecular flexibility index (Phi) is 31.1. The zero-order valence-electron chi connectivity index (χ0n) is 32.6. The van der Waals surface area contributed by atoms with Gasteiger partial charge in [0.05, 0.1) is 25.4 Å². The lowest BCUT2D eigenvalue weighted by molar-refractivity contribution is -0.302. The Balaban J connectivity index is 2.33. The summed E-state index contributed by atoms with van der Waals surface area (Å²) in [6, 6.07) is -0.801. The molecule has 0 aromatic rings. The largest absolute Gasteiger partial charge is 0.394 e. The van der Waals surface area contributed by atoms with E-state index in [2.05, 4.69) is 31.3 Å². The van der Waals surface area contributed by atoms with E-state index in [1.807, 2.05) is 6.08 Å². The zero-order valence-corrected chi connectivity index (χ0v) is 32.6. The summed E-state index contributed by atoms with van der Waals surface area (Å²) >= 11 is 0. The van der Waals surface area contributed by atoms with Crippen LogP contribution in [0.5, 0.6) is 0 Å². The number of carbonyl (C=O) groups excluding carboxylic acids is 1. The van der Waals surface area contributed by atoms with Gasteiger partial charge in [0, 0.05) is 6.42 Å². The van der Waals surface area contributed by atoms with Crippen LogP contribution in [0.1, 0.15) is 181 Å². The molecule has 0 aromatic carbocycles. The highest BCUT2D eigenvalue weighted by molar-refractivity contribution is 5.76. The predicted molar refractivity (Wildman–Crippen MR) is 207 cm³/mol. The van der Waals surface area contributed by atoms with Crippen molar-refractivity contribution in [3.05, 3.63) is 24.3 Å². The molecule has 7 atom stereocenters. The number of aliphatic hydroxyl groups is 5. The Morgan fingerprint density at radius 3 is 1.59 bits per heavy atom. The molecular weight excluding hydrogens is 646 g/mol. The first-order valence-corrected chi connectivity index (χ1v) is 21.1. The van der Waals surface area contributed by atoms with Gasteiger partial charge in [0.1, 0.15) is 24.4 Å². The van der Waals surface area contributed by atoms with Gasteiger partial charge in [-0.05, 0) is 44.9 Å². The molecule has 9 heteroatoms. The number of rotatable bonds is 34. The molecule has 1 heterocycles. The first-order valence-electron chi connectivity index (χ1n) is 21.1. The molecule has 1 fully saturated rings. The maximum absolute atomic E-state index is 12.9. The van der Waals surface area contributed by atoms with Crippen LogP contribution in [0, 0.1) is 0 Å². The van der Waals surface area contributed by atoms with E-state index in [-0.39, 0.29) is 12.5 Å². The van der Waals surface area contributed by atoms with Crippen LogP contribution in [-0.4, -0.2) is 87.5 Å². The number of ether oxygens (including phenoxy) is 2. The smallest absolute Gasteiger partial charge is 0.220 e. The lowest BCUT2D eigenvalue weighted by atomic mass is 9.99. The SMILES string of the molecule is CCCCCCCCC/C=C/C(O)C(COC1OC(CO)C(O)C(O)C1O)NC(=O)CCCCCCCCC/C=C\CCCCCCCCCC. The van der Waals surface area contributed by atoms with Crippen molar-refractivity contribution in [2.24, 2.45) is 0 Å². The molecule has 1 aliphatic heterocycles. The highest BCUT2D eigenvalue weighted by Crippen LogP contribution is 2.22. The van der Waals surface area contributed by atoms with Gasteiger partial charge in [0.25, 0.3) is 0 Å². The minimum Gasteiger partial charge on any atom is -0.394 e. The van der Waals surface area contributed by atoms with Crippen LogP contribution in [0.3, 0.4) is 0 Å². The third-order valence-electron chi connectivity index (χ3n) is 10.0. The van der Waals surface area contributed by atoms with Crippen molar-refractivity contribution >= 4 is 5.91 Å².